The SMILES string of the molecule is CCCCCCCCCCCCCCCCCCCCCCCC(=O)O[C@H](COC(=O)CCCCCCCCCCCCCCCCCCC(C)C)COP(=O)(O)OC[C@@H](O)COP(=O)(O)OC[C@@H](COC(=O)CCCCCCCCCCC(C)CC)OC(=O)CCCCCCCCCCCCCCC(C)C. The summed E-state index contributed by atoms with van der Waals surface area (Å²) in [5, 5.41) is 10.7. The number of carbonyl (C=O) groups excluding carboxylic acids is 4. The summed E-state index contributed by atoms with van der Waals surface area (Å²) < 4.78 is 69.0. The third kappa shape index (κ3) is 80.5. The molecule has 0 bridgehead atoms. The normalized spacial score (nSPS) is 14.1. The van der Waals surface area contributed by atoms with Crippen molar-refractivity contribution in [1.29, 1.82) is 0 Å². The van der Waals surface area contributed by atoms with E-state index in [1.54, 1.807) is 0 Å². The molecular weight excluding hydrogens is 1390 g/mol. The Hall–Kier alpha value is -1.94. The van der Waals surface area contributed by atoms with E-state index in [-0.39, 0.29) is 25.7 Å². The summed E-state index contributed by atoms with van der Waals surface area (Å²) in [7, 11) is -9.93. The van der Waals surface area contributed by atoms with Crippen molar-refractivity contribution in [1.82, 2.24) is 0 Å². The highest BCUT2D eigenvalue weighted by molar-refractivity contribution is 7.47. The fourth-order valence-electron chi connectivity index (χ4n) is 13.7. The molecule has 6 atom stereocenters. The van der Waals surface area contributed by atoms with Gasteiger partial charge in [-0.05, 0) is 43.4 Å². The maximum absolute atomic E-state index is 13.2. The molecule has 0 aliphatic rings. The number of aliphatic hydroxyl groups excluding tert-OH is 1. The highest BCUT2D eigenvalue weighted by Gasteiger charge is 2.31. The van der Waals surface area contributed by atoms with Crippen molar-refractivity contribution in [2.75, 3.05) is 39.6 Å². The molecule has 17 nitrogen and oxygen atoms in total. The molecule has 0 spiro atoms. The number of phosphoric acid groups is 2. The van der Waals surface area contributed by atoms with Crippen LogP contribution in [0, 0.1) is 17.8 Å². The zero-order valence-electron chi connectivity index (χ0n) is 70.6. The third-order valence-electron chi connectivity index (χ3n) is 21.0. The molecule has 19 heteroatoms. The van der Waals surface area contributed by atoms with Crippen molar-refractivity contribution in [2.45, 2.75) is 484 Å². The molecule has 0 aromatic rings. The van der Waals surface area contributed by atoms with E-state index in [1.165, 1.54) is 276 Å². The van der Waals surface area contributed by atoms with Gasteiger partial charge < -0.3 is 33.8 Å². The fourth-order valence-corrected chi connectivity index (χ4v) is 15.3. The molecule has 0 heterocycles. The first-order valence-electron chi connectivity index (χ1n) is 45.4. The minimum atomic E-state index is -4.97. The monoisotopic (exact) mass is 1560 g/mol. The Bertz CT molecular complexity index is 2060. The summed E-state index contributed by atoms with van der Waals surface area (Å²) in [6.07, 6.45) is 69.4. The van der Waals surface area contributed by atoms with Crippen molar-refractivity contribution in [3.05, 3.63) is 0 Å². The van der Waals surface area contributed by atoms with E-state index in [4.69, 9.17) is 37.0 Å². The van der Waals surface area contributed by atoms with E-state index >= 15 is 0 Å². The topological polar surface area (TPSA) is 237 Å². The van der Waals surface area contributed by atoms with Crippen molar-refractivity contribution in [3.63, 3.8) is 0 Å². The average molecular weight is 1560 g/mol. The summed E-state index contributed by atoms with van der Waals surface area (Å²) in [5.41, 5.74) is 0. The fraction of sp³-hybridized carbons (Fsp3) is 0.955. The Labute approximate surface area is 658 Å². The van der Waals surface area contributed by atoms with Crippen LogP contribution in [-0.2, 0) is 65.4 Å². The predicted molar refractivity (Wildman–Crippen MR) is 441 cm³/mol. The number of rotatable bonds is 86. The molecule has 3 N–H and O–H groups in total. The second-order valence-corrected chi connectivity index (χ2v) is 35.7. The lowest BCUT2D eigenvalue weighted by molar-refractivity contribution is -0.161. The van der Waals surface area contributed by atoms with Gasteiger partial charge in [0.1, 0.15) is 19.3 Å². The van der Waals surface area contributed by atoms with Crippen LogP contribution in [0.15, 0.2) is 0 Å². The van der Waals surface area contributed by atoms with Gasteiger partial charge in [-0.3, -0.25) is 37.3 Å². The Morgan fingerprint density at radius 1 is 0.271 bits per heavy atom. The van der Waals surface area contributed by atoms with Gasteiger partial charge in [0.15, 0.2) is 12.2 Å². The molecule has 0 fully saturated rings. The molecule has 0 saturated carbocycles. The minimum Gasteiger partial charge on any atom is -0.462 e. The molecule has 0 aromatic heterocycles. The van der Waals surface area contributed by atoms with Gasteiger partial charge in [-0.1, -0.05) is 414 Å². The first kappa shape index (κ1) is 105. The summed E-state index contributed by atoms with van der Waals surface area (Å²) in [5.74, 6) is 0.264. The van der Waals surface area contributed by atoms with Gasteiger partial charge in [0, 0.05) is 25.7 Å². The maximum Gasteiger partial charge on any atom is 0.472 e. The molecule has 107 heavy (non-hydrogen) atoms. The molecule has 0 rings (SSSR count). The number of unbranched alkanes of at least 4 members (excludes halogenated alkanes) is 53. The summed E-state index contributed by atoms with van der Waals surface area (Å²) in [6.45, 7) is 12.0. The van der Waals surface area contributed by atoms with Gasteiger partial charge in [-0.15, -0.1) is 0 Å². The summed E-state index contributed by atoms with van der Waals surface area (Å²) in [6, 6.07) is 0. The van der Waals surface area contributed by atoms with Crippen LogP contribution >= 0.6 is 15.6 Å². The molecule has 0 amide bonds. The van der Waals surface area contributed by atoms with Crippen LogP contribution in [0.5, 0.6) is 0 Å². The highest BCUT2D eigenvalue weighted by Crippen LogP contribution is 2.45. The van der Waals surface area contributed by atoms with Crippen LogP contribution in [-0.4, -0.2) is 96.7 Å². The van der Waals surface area contributed by atoms with Crippen LogP contribution in [0.3, 0.4) is 0 Å². The van der Waals surface area contributed by atoms with Crippen LogP contribution in [0.4, 0.5) is 0 Å². The Kier molecular flexibility index (Phi) is 76.6. The standard InChI is InChI=1S/C88H172O17P2/c1-8-10-11-12-13-14-15-16-17-18-19-20-21-22-27-30-36-41-50-57-64-71-87(92)104-83(75-98-85(90)69-62-55-48-40-35-29-26-24-23-25-28-33-38-45-52-59-66-79(3)4)77-102-106(94,95)100-73-82(89)74-101-107(96,97)103-78-84(76-99-86(91)70-63-56-49-44-43-47-54-61-68-81(7)9-2)105-88(93)72-65-58-51-42-37-32-31-34-39-46-53-60-67-80(5)6/h79-84,89H,8-78H2,1-7H3,(H,94,95)(H,96,97)/t81?,82-,83-,84-/m1/s1. The molecule has 3 unspecified atom stereocenters. The Morgan fingerprint density at radius 3 is 0.710 bits per heavy atom. The molecule has 0 saturated heterocycles. The van der Waals surface area contributed by atoms with E-state index in [1.807, 2.05) is 0 Å². The van der Waals surface area contributed by atoms with Crippen LogP contribution in [0.1, 0.15) is 466 Å². The molecule has 0 aromatic carbocycles. The first-order valence-corrected chi connectivity index (χ1v) is 48.4. The molecule has 0 radical (unpaired) electrons. The summed E-state index contributed by atoms with van der Waals surface area (Å²) in [4.78, 5) is 73.3. The van der Waals surface area contributed by atoms with E-state index in [0.29, 0.717) is 25.7 Å². The number of ether oxygens (including phenoxy) is 4. The predicted octanol–water partition coefficient (Wildman–Crippen LogP) is 26.9. The maximum atomic E-state index is 13.2. The number of carbonyl (C=O) groups is 4. The highest BCUT2D eigenvalue weighted by atomic mass is 31.2. The van der Waals surface area contributed by atoms with Crippen molar-refractivity contribution >= 4 is 39.5 Å². The lowest BCUT2D eigenvalue weighted by atomic mass is 9.99. The van der Waals surface area contributed by atoms with Gasteiger partial charge in [-0.25, -0.2) is 9.13 Å². The van der Waals surface area contributed by atoms with Crippen LogP contribution < -0.4 is 0 Å². The summed E-state index contributed by atoms with van der Waals surface area (Å²) >= 11 is 0. The smallest absolute Gasteiger partial charge is 0.462 e. The van der Waals surface area contributed by atoms with Crippen LogP contribution in [0.25, 0.3) is 0 Å². The third-order valence-corrected chi connectivity index (χ3v) is 22.9. The molecule has 0 aliphatic heterocycles. The lowest BCUT2D eigenvalue weighted by Crippen LogP contribution is -2.30. The van der Waals surface area contributed by atoms with Gasteiger partial charge in [0.25, 0.3) is 0 Å². The number of phosphoric ester groups is 2. The van der Waals surface area contributed by atoms with Gasteiger partial charge in [0.05, 0.1) is 26.4 Å². The average Bonchev–Trinajstić information content (AvgIpc) is 1.08. The zero-order valence-corrected chi connectivity index (χ0v) is 72.4. The molecule has 0 aliphatic carbocycles. The number of esters is 4. The first-order chi connectivity index (χ1) is 51.8. The van der Waals surface area contributed by atoms with Gasteiger partial charge in [0.2, 0.25) is 0 Å². The quantitative estimate of drug-likeness (QED) is 0.0222. The van der Waals surface area contributed by atoms with E-state index in [2.05, 4.69) is 48.5 Å². The second kappa shape index (κ2) is 78.0. The number of hydrogen-bond acceptors (Lipinski definition) is 15. The van der Waals surface area contributed by atoms with E-state index in [9.17, 15) is 43.2 Å². The molecular formula is C88H172O17P2. The van der Waals surface area contributed by atoms with E-state index < -0.39 is 97.5 Å². The van der Waals surface area contributed by atoms with Crippen molar-refractivity contribution in [2.24, 2.45) is 17.8 Å². The van der Waals surface area contributed by atoms with Gasteiger partial charge >= 0.3 is 39.5 Å². The molecule has 636 valence electrons. The number of aliphatic hydroxyl groups is 1. The second-order valence-electron chi connectivity index (χ2n) is 32.8. The Balaban J connectivity index is 5.25. The van der Waals surface area contributed by atoms with Crippen molar-refractivity contribution in [3.8, 4) is 0 Å². The Morgan fingerprint density at radius 2 is 0.477 bits per heavy atom. The largest absolute Gasteiger partial charge is 0.472 e. The van der Waals surface area contributed by atoms with Crippen molar-refractivity contribution < 1.29 is 80.2 Å². The zero-order chi connectivity index (χ0) is 78.6. The lowest BCUT2D eigenvalue weighted by Gasteiger charge is -2.21. The minimum absolute atomic E-state index is 0.107. The van der Waals surface area contributed by atoms with Crippen LogP contribution in [0.2, 0.25) is 0 Å². The van der Waals surface area contributed by atoms with E-state index in [0.717, 1.165) is 108 Å². The number of hydrogen-bond donors (Lipinski definition) is 3. The van der Waals surface area contributed by atoms with Gasteiger partial charge in [-0.2, -0.15) is 0 Å².